The summed E-state index contributed by atoms with van der Waals surface area (Å²) in [6.07, 6.45) is -0.884. The third-order valence-corrected chi connectivity index (χ3v) is 5.67. The molecule has 0 bridgehead atoms. The van der Waals surface area contributed by atoms with E-state index >= 15 is 0 Å². The topological polar surface area (TPSA) is 54.4 Å². The number of aliphatic hydroxyl groups is 1. The molecule has 0 aliphatic carbocycles. The summed E-state index contributed by atoms with van der Waals surface area (Å²) in [6, 6.07) is 17.8. The number of aliphatic hydroxyl groups excluding tert-OH is 1. The number of benzene rings is 2. The van der Waals surface area contributed by atoms with Gasteiger partial charge in [0, 0.05) is 10.6 Å². The zero-order chi connectivity index (χ0) is 14.4. The predicted octanol–water partition coefficient (Wildman–Crippen LogP) is 2.61. The van der Waals surface area contributed by atoms with Crippen molar-refractivity contribution in [3.63, 3.8) is 0 Å². The number of hydrogen-bond donors (Lipinski definition) is 1. The standard InChI is InChI=1S/C15H16O3S2/c16-13(11-19-14-7-3-1-4-8-14)12-20(17,18)15-9-5-2-6-10-15/h1-10,13,16H,11-12H2/t13-/m1/s1. The van der Waals surface area contributed by atoms with E-state index in [0.717, 1.165) is 4.90 Å². The maximum absolute atomic E-state index is 12.1. The lowest BCUT2D eigenvalue weighted by Gasteiger charge is -2.11. The lowest BCUT2D eigenvalue weighted by molar-refractivity contribution is 0.222. The van der Waals surface area contributed by atoms with Crippen LogP contribution in [0.25, 0.3) is 0 Å². The van der Waals surface area contributed by atoms with E-state index in [1.807, 2.05) is 30.3 Å². The minimum atomic E-state index is -3.43. The molecule has 2 rings (SSSR count). The lowest BCUT2D eigenvalue weighted by atomic mass is 10.4. The highest BCUT2D eigenvalue weighted by molar-refractivity contribution is 7.99. The van der Waals surface area contributed by atoms with E-state index in [2.05, 4.69) is 0 Å². The van der Waals surface area contributed by atoms with E-state index in [0.29, 0.717) is 5.75 Å². The van der Waals surface area contributed by atoms with Crippen LogP contribution in [0.3, 0.4) is 0 Å². The molecule has 0 radical (unpaired) electrons. The van der Waals surface area contributed by atoms with Gasteiger partial charge in [-0.25, -0.2) is 8.42 Å². The van der Waals surface area contributed by atoms with Gasteiger partial charge in [0.2, 0.25) is 0 Å². The second-order valence-electron chi connectivity index (χ2n) is 4.37. The Morgan fingerprint density at radius 2 is 1.50 bits per heavy atom. The van der Waals surface area contributed by atoms with Crippen molar-refractivity contribution >= 4 is 21.6 Å². The molecule has 2 aromatic carbocycles. The smallest absolute Gasteiger partial charge is 0.180 e. The van der Waals surface area contributed by atoms with Crippen LogP contribution in [0.15, 0.2) is 70.5 Å². The first-order valence-corrected chi connectivity index (χ1v) is 8.85. The molecule has 0 aromatic heterocycles. The Hall–Kier alpha value is -1.30. The van der Waals surface area contributed by atoms with Crippen LogP contribution in [0.2, 0.25) is 0 Å². The van der Waals surface area contributed by atoms with Crippen molar-refractivity contribution < 1.29 is 13.5 Å². The first-order valence-electron chi connectivity index (χ1n) is 6.21. The van der Waals surface area contributed by atoms with E-state index in [1.54, 1.807) is 30.3 Å². The molecule has 0 saturated carbocycles. The fourth-order valence-corrected chi connectivity index (χ4v) is 4.12. The van der Waals surface area contributed by atoms with Crippen molar-refractivity contribution in [3.8, 4) is 0 Å². The predicted molar refractivity (Wildman–Crippen MR) is 81.7 cm³/mol. The minimum Gasteiger partial charge on any atom is -0.391 e. The van der Waals surface area contributed by atoms with E-state index in [9.17, 15) is 13.5 Å². The highest BCUT2D eigenvalue weighted by Gasteiger charge is 2.19. The molecule has 20 heavy (non-hydrogen) atoms. The van der Waals surface area contributed by atoms with Crippen LogP contribution in [-0.4, -0.2) is 31.1 Å². The molecule has 106 valence electrons. The molecule has 2 aromatic rings. The number of sulfone groups is 1. The quantitative estimate of drug-likeness (QED) is 0.834. The summed E-state index contributed by atoms with van der Waals surface area (Å²) in [6.45, 7) is 0. The fraction of sp³-hybridized carbons (Fsp3) is 0.200. The van der Waals surface area contributed by atoms with Crippen molar-refractivity contribution in [2.45, 2.75) is 15.9 Å². The Kier molecular flexibility index (Phi) is 5.23. The molecule has 0 spiro atoms. The molecular formula is C15H16O3S2. The van der Waals surface area contributed by atoms with Gasteiger partial charge in [-0.1, -0.05) is 36.4 Å². The van der Waals surface area contributed by atoms with Gasteiger partial charge in [-0.3, -0.25) is 0 Å². The summed E-state index contributed by atoms with van der Waals surface area (Å²) in [5.41, 5.74) is 0. The summed E-state index contributed by atoms with van der Waals surface area (Å²) in [4.78, 5) is 1.27. The van der Waals surface area contributed by atoms with Crippen molar-refractivity contribution in [3.05, 3.63) is 60.7 Å². The third-order valence-electron chi connectivity index (χ3n) is 2.70. The molecular weight excluding hydrogens is 292 g/mol. The fourth-order valence-electron chi connectivity index (χ4n) is 1.73. The second kappa shape index (κ2) is 6.92. The number of rotatable bonds is 6. The second-order valence-corrected chi connectivity index (χ2v) is 7.50. The van der Waals surface area contributed by atoms with E-state index in [-0.39, 0.29) is 10.6 Å². The maximum atomic E-state index is 12.1. The minimum absolute atomic E-state index is 0.253. The van der Waals surface area contributed by atoms with Crippen LogP contribution in [-0.2, 0) is 9.84 Å². The molecule has 0 unspecified atom stereocenters. The summed E-state index contributed by atoms with van der Waals surface area (Å²) < 4.78 is 24.2. The normalized spacial score (nSPS) is 13.1. The van der Waals surface area contributed by atoms with Gasteiger partial charge in [0.25, 0.3) is 0 Å². The largest absolute Gasteiger partial charge is 0.391 e. The first kappa shape index (κ1) is 15.1. The Bertz CT molecular complexity index is 625. The van der Waals surface area contributed by atoms with Crippen LogP contribution in [0.4, 0.5) is 0 Å². The summed E-state index contributed by atoms with van der Waals surface area (Å²) in [7, 11) is -3.43. The summed E-state index contributed by atoms with van der Waals surface area (Å²) in [5, 5.41) is 9.91. The molecule has 1 atom stereocenters. The molecule has 3 nitrogen and oxygen atoms in total. The SMILES string of the molecule is O=S(=O)(C[C@H](O)CSc1ccccc1)c1ccccc1. The van der Waals surface area contributed by atoms with Crippen molar-refractivity contribution in [1.29, 1.82) is 0 Å². The van der Waals surface area contributed by atoms with Crippen molar-refractivity contribution in [1.82, 2.24) is 0 Å². The average molecular weight is 308 g/mol. The molecule has 0 aliphatic heterocycles. The Labute approximate surface area is 123 Å². The lowest BCUT2D eigenvalue weighted by Crippen LogP contribution is -2.23. The van der Waals surface area contributed by atoms with E-state index < -0.39 is 15.9 Å². The third kappa shape index (κ3) is 4.37. The van der Waals surface area contributed by atoms with Crippen LogP contribution in [0, 0.1) is 0 Å². The highest BCUT2D eigenvalue weighted by Crippen LogP contribution is 2.19. The van der Waals surface area contributed by atoms with Gasteiger partial charge in [-0.15, -0.1) is 11.8 Å². The van der Waals surface area contributed by atoms with Gasteiger partial charge in [0.15, 0.2) is 9.84 Å². The molecule has 0 heterocycles. The Morgan fingerprint density at radius 1 is 0.950 bits per heavy atom. The van der Waals surface area contributed by atoms with Gasteiger partial charge in [-0.2, -0.15) is 0 Å². The zero-order valence-corrected chi connectivity index (χ0v) is 12.5. The van der Waals surface area contributed by atoms with Crippen LogP contribution >= 0.6 is 11.8 Å². The molecule has 0 fully saturated rings. The number of hydrogen-bond acceptors (Lipinski definition) is 4. The molecule has 5 heteroatoms. The Morgan fingerprint density at radius 3 is 2.10 bits per heavy atom. The van der Waals surface area contributed by atoms with E-state index in [1.165, 1.54) is 11.8 Å². The molecule has 0 aliphatic rings. The summed E-state index contributed by atoms with van der Waals surface area (Å²) in [5.74, 6) is 0.104. The number of thioether (sulfide) groups is 1. The van der Waals surface area contributed by atoms with Crippen molar-refractivity contribution in [2.75, 3.05) is 11.5 Å². The average Bonchev–Trinajstić information content (AvgIpc) is 2.47. The zero-order valence-electron chi connectivity index (χ0n) is 10.8. The molecule has 0 amide bonds. The first-order chi connectivity index (χ1) is 9.58. The van der Waals surface area contributed by atoms with Gasteiger partial charge < -0.3 is 5.11 Å². The van der Waals surface area contributed by atoms with Crippen LogP contribution in [0.1, 0.15) is 0 Å². The van der Waals surface area contributed by atoms with Gasteiger partial charge in [-0.05, 0) is 24.3 Å². The molecule has 0 saturated heterocycles. The summed E-state index contributed by atoms with van der Waals surface area (Å²) >= 11 is 1.45. The van der Waals surface area contributed by atoms with Crippen LogP contribution in [0.5, 0.6) is 0 Å². The monoisotopic (exact) mass is 308 g/mol. The van der Waals surface area contributed by atoms with Gasteiger partial charge in [0.05, 0.1) is 16.8 Å². The maximum Gasteiger partial charge on any atom is 0.180 e. The molecule has 1 N–H and O–H groups in total. The highest BCUT2D eigenvalue weighted by atomic mass is 32.2. The Balaban J connectivity index is 1.93. The van der Waals surface area contributed by atoms with E-state index in [4.69, 9.17) is 0 Å². The van der Waals surface area contributed by atoms with Gasteiger partial charge in [0.1, 0.15) is 0 Å². The van der Waals surface area contributed by atoms with Gasteiger partial charge >= 0.3 is 0 Å². The van der Waals surface area contributed by atoms with Crippen LogP contribution < -0.4 is 0 Å². The van der Waals surface area contributed by atoms with Crippen molar-refractivity contribution in [2.24, 2.45) is 0 Å².